The maximum atomic E-state index is 11.5. The standard InChI is InChI=1S/C20H28N2O6S2/c1-15(17-8-11-27-19(25)29-17)22(14-24)10-6-4-3-5-7-16(21(2)13-23)18-9-12-28-20(26)30-18/h13-14H,3-12H2,1-2H3/b17-15-,18-16-. The Balaban J connectivity index is 1.79. The van der Waals surface area contributed by atoms with E-state index in [4.69, 9.17) is 9.47 Å². The third kappa shape index (κ3) is 7.39. The Morgan fingerprint density at radius 3 is 2.13 bits per heavy atom. The number of nitrogens with zero attached hydrogens (tertiary/aromatic N) is 2. The van der Waals surface area contributed by atoms with Crippen molar-refractivity contribution in [3.63, 3.8) is 0 Å². The fourth-order valence-corrected chi connectivity index (χ4v) is 4.92. The lowest BCUT2D eigenvalue weighted by Gasteiger charge is -2.24. The fourth-order valence-electron chi connectivity index (χ4n) is 3.24. The molecule has 2 aliphatic heterocycles. The van der Waals surface area contributed by atoms with E-state index in [1.807, 2.05) is 6.92 Å². The van der Waals surface area contributed by atoms with E-state index < -0.39 is 0 Å². The van der Waals surface area contributed by atoms with Gasteiger partial charge in [0.1, 0.15) is 0 Å². The van der Waals surface area contributed by atoms with Crippen LogP contribution in [-0.2, 0) is 19.1 Å². The summed E-state index contributed by atoms with van der Waals surface area (Å²) in [5.74, 6) is 0. The van der Waals surface area contributed by atoms with Gasteiger partial charge in [-0.2, -0.15) is 0 Å². The molecule has 10 heteroatoms. The second-order valence-electron chi connectivity index (χ2n) is 6.96. The zero-order chi connectivity index (χ0) is 21.9. The van der Waals surface area contributed by atoms with E-state index in [2.05, 4.69) is 0 Å². The quantitative estimate of drug-likeness (QED) is 0.255. The Morgan fingerprint density at radius 1 is 0.933 bits per heavy atom. The van der Waals surface area contributed by atoms with Gasteiger partial charge in [0.2, 0.25) is 12.8 Å². The summed E-state index contributed by atoms with van der Waals surface area (Å²) in [5.41, 5.74) is 1.69. The van der Waals surface area contributed by atoms with Crippen molar-refractivity contribution in [1.29, 1.82) is 0 Å². The molecule has 0 aromatic carbocycles. The second kappa shape index (κ2) is 12.7. The number of cyclic esters (lactones) is 2. The van der Waals surface area contributed by atoms with E-state index in [-0.39, 0.29) is 10.6 Å². The van der Waals surface area contributed by atoms with Crippen LogP contribution < -0.4 is 0 Å². The van der Waals surface area contributed by atoms with Crippen LogP contribution in [0.2, 0.25) is 0 Å². The Hall–Kier alpha value is -1.94. The van der Waals surface area contributed by atoms with Crippen molar-refractivity contribution in [2.24, 2.45) is 0 Å². The van der Waals surface area contributed by atoms with Gasteiger partial charge in [0.25, 0.3) is 0 Å². The summed E-state index contributed by atoms with van der Waals surface area (Å²) in [4.78, 5) is 50.6. The molecule has 166 valence electrons. The third-order valence-corrected chi connectivity index (χ3v) is 6.94. The average Bonchev–Trinajstić information content (AvgIpc) is 2.75. The molecule has 0 spiro atoms. The summed E-state index contributed by atoms with van der Waals surface area (Å²) < 4.78 is 9.87. The minimum Gasteiger partial charge on any atom is -0.457 e. The van der Waals surface area contributed by atoms with Crippen LogP contribution in [0.3, 0.4) is 0 Å². The first-order valence-electron chi connectivity index (χ1n) is 9.97. The highest BCUT2D eigenvalue weighted by molar-refractivity contribution is 8.16. The van der Waals surface area contributed by atoms with Crippen molar-refractivity contribution in [3.8, 4) is 0 Å². The van der Waals surface area contributed by atoms with Gasteiger partial charge in [-0.25, -0.2) is 9.59 Å². The van der Waals surface area contributed by atoms with Crippen molar-refractivity contribution in [1.82, 2.24) is 9.80 Å². The highest BCUT2D eigenvalue weighted by atomic mass is 32.2. The number of carbonyl (C=O) groups is 4. The predicted molar refractivity (Wildman–Crippen MR) is 117 cm³/mol. The molecule has 0 radical (unpaired) electrons. The lowest BCUT2D eigenvalue weighted by Crippen LogP contribution is -2.23. The van der Waals surface area contributed by atoms with Gasteiger partial charge in [-0.1, -0.05) is 12.8 Å². The first-order valence-corrected chi connectivity index (χ1v) is 11.6. The predicted octanol–water partition coefficient (Wildman–Crippen LogP) is 4.47. The average molecular weight is 457 g/mol. The minimum atomic E-state index is -0.323. The van der Waals surface area contributed by atoms with Gasteiger partial charge < -0.3 is 19.3 Å². The maximum absolute atomic E-state index is 11.5. The molecule has 2 aliphatic rings. The summed E-state index contributed by atoms with van der Waals surface area (Å²) in [6, 6.07) is 0. The molecule has 2 heterocycles. The molecule has 0 atom stereocenters. The van der Waals surface area contributed by atoms with Crippen LogP contribution in [0.1, 0.15) is 51.9 Å². The number of hydrogen-bond donors (Lipinski definition) is 0. The van der Waals surface area contributed by atoms with Crippen LogP contribution in [0.5, 0.6) is 0 Å². The van der Waals surface area contributed by atoms with Crippen LogP contribution in [0.25, 0.3) is 0 Å². The highest BCUT2D eigenvalue weighted by Gasteiger charge is 2.21. The SMILES string of the molecule is C/C(=C1\CCOC(=O)S1)N(C=O)CCCCCC/C(=C1\CCOC(=O)S1)N(C)C=O. The van der Waals surface area contributed by atoms with Crippen LogP contribution in [0.15, 0.2) is 21.2 Å². The zero-order valence-corrected chi connectivity index (χ0v) is 19.0. The fraction of sp³-hybridized carbons (Fsp3) is 0.600. The summed E-state index contributed by atoms with van der Waals surface area (Å²) in [6.45, 7) is 3.16. The molecule has 2 rings (SSSR count). The number of allylic oxidation sites excluding steroid dienone is 2. The van der Waals surface area contributed by atoms with Crippen LogP contribution in [0, 0.1) is 0 Å². The molecule has 2 amide bonds. The van der Waals surface area contributed by atoms with E-state index in [9.17, 15) is 19.2 Å². The van der Waals surface area contributed by atoms with Gasteiger partial charge in [0, 0.05) is 47.6 Å². The van der Waals surface area contributed by atoms with Crippen LogP contribution in [0.4, 0.5) is 9.59 Å². The number of unbranched alkanes of at least 4 members (excludes halogenated alkanes) is 3. The Morgan fingerprint density at radius 2 is 1.53 bits per heavy atom. The monoisotopic (exact) mass is 456 g/mol. The summed E-state index contributed by atoms with van der Waals surface area (Å²) >= 11 is 2.11. The molecular formula is C20H28N2O6S2. The number of carbonyl (C=O) groups excluding carboxylic acids is 4. The molecule has 2 saturated heterocycles. The summed E-state index contributed by atoms with van der Waals surface area (Å²) in [7, 11) is 1.70. The number of hydrogen-bond acceptors (Lipinski definition) is 8. The van der Waals surface area contributed by atoms with Crippen LogP contribution in [-0.4, -0.2) is 60.0 Å². The number of thioether (sulfide) groups is 2. The van der Waals surface area contributed by atoms with Crippen molar-refractivity contribution >= 4 is 46.9 Å². The van der Waals surface area contributed by atoms with Crippen molar-refractivity contribution in [2.45, 2.75) is 51.9 Å². The number of amides is 2. The van der Waals surface area contributed by atoms with Crippen LogP contribution >= 0.6 is 23.5 Å². The molecule has 8 nitrogen and oxygen atoms in total. The maximum Gasteiger partial charge on any atom is 0.371 e. The minimum absolute atomic E-state index is 0.323. The van der Waals surface area contributed by atoms with Crippen molar-refractivity contribution < 1.29 is 28.7 Å². The Kier molecular flexibility index (Phi) is 10.3. The van der Waals surface area contributed by atoms with Crippen molar-refractivity contribution in [3.05, 3.63) is 21.2 Å². The highest BCUT2D eigenvalue weighted by Crippen LogP contribution is 2.33. The van der Waals surface area contributed by atoms with Gasteiger partial charge in [0.05, 0.1) is 13.2 Å². The van der Waals surface area contributed by atoms with Gasteiger partial charge in [-0.05, 0) is 49.7 Å². The van der Waals surface area contributed by atoms with Crippen molar-refractivity contribution in [2.75, 3.05) is 26.8 Å². The van der Waals surface area contributed by atoms with Gasteiger partial charge >= 0.3 is 10.6 Å². The molecule has 0 saturated carbocycles. The molecular weight excluding hydrogens is 428 g/mol. The molecule has 30 heavy (non-hydrogen) atoms. The lowest BCUT2D eigenvalue weighted by molar-refractivity contribution is -0.117. The first-order chi connectivity index (χ1) is 14.5. The lowest BCUT2D eigenvalue weighted by atomic mass is 10.1. The number of rotatable bonds is 11. The molecule has 0 aromatic rings. The van der Waals surface area contributed by atoms with E-state index in [0.29, 0.717) is 39.0 Å². The molecule has 2 fully saturated rings. The third-order valence-electron chi connectivity index (χ3n) is 4.94. The van der Waals surface area contributed by atoms with E-state index in [1.54, 1.807) is 11.9 Å². The van der Waals surface area contributed by atoms with E-state index in [0.717, 1.165) is 83.2 Å². The van der Waals surface area contributed by atoms with E-state index in [1.165, 1.54) is 4.90 Å². The second-order valence-corrected chi connectivity index (χ2v) is 9.02. The van der Waals surface area contributed by atoms with Gasteiger partial charge in [-0.3, -0.25) is 9.59 Å². The smallest absolute Gasteiger partial charge is 0.371 e. The van der Waals surface area contributed by atoms with E-state index >= 15 is 0 Å². The largest absolute Gasteiger partial charge is 0.457 e. The van der Waals surface area contributed by atoms with Gasteiger partial charge in [-0.15, -0.1) is 0 Å². The molecule has 0 aromatic heterocycles. The topological polar surface area (TPSA) is 93.2 Å². The molecule has 0 bridgehead atoms. The Labute approximate surface area is 185 Å². The molecule has 0 unspecified atom stereocenters. The number of ether oxygens (including phenoxy) is 2. The van der Waals surface area contributed by atoms with Gasteiger partial charge in [0.15, 0.2) is 0 Å². The molecule has 0 N–H and O–H groups in total. The molecule has 0 aliphatic carbocycles. The zero-order valence-electron chi connectivity index (χ0n) is 17.4. The first kappa shape index (κ1) is 24.3. The summed E-state index contributed by atoms with van der Waals surface area (Å²) in [5, 5.41) is -0.646. The summed E-state index contributed by atoms with van der Waals surface area (Å²) in [6.07, 6.45) is 7.17. The Bertz CT molecular complexity index is 722. The normalized spacial score (nSPS) is 20.1.